The van der Waals surface area contributed by atoms with Gasteiger partial charge in [0.15, 0.2) is 0 Å². The molecule has 4 aromatic rings. The zero-order chi connectivity index (χ0) is 20.8. The molecule has 0 aliphatic heterocycles. The van der Waals surface area contributed by atoms with Crippen LogP contribution in [0.4, 0.5) is 13.2 Å². The van der Waals surface area contributed by atoms with Gasteiger partial charge in [-0.15, -0.1) is 0 Å². The standard InChI is InChI=1S/C19H13F3N4O2S/c1-29(27,28)18-23-9-8-14(24-18)17-16(25-15-7-2-3-10-26(15)17)12-5-4-6-13(11-12)19(20,21)22/h2-11H,1H3. The number of rotatable bonds is 3. The van der Waals surface area contributed by atoms with Gasteiger partial charge in [-0.2, -0.15) is 13.2 Å². The van der Waals surface area contributed by atoms with E-state index >= 15 is 0 Å². The van der Waals surface area contributed by atoms with E-state index in [0.717, 1.165) is 18.4 Å². The number of pyridine rings is 1. The van der Waals surface area contributed by atoms with Crippen molar-refractivity contribution in [2.45, 2.75) is 11.3 Å². The van der Waals surface area contributed by atoms with Gasteiger partial charge in [0.1, 0.15) is 5.65 Å². The average Bonchev–Trinajstić information content (AvgIpc) is 3.06. The van der Waals surface area contributed by atoms with Gasteiger partial charge in [0.2, 0.25) is 15.0 Å². The van der Waals surface area contributed by atoms with Crippen LogP contribution in [0, 0.1) is 0 Å². The Labute approximate surface area is 163 Å². The highest BCUT2D eigenvalue weighted by Crippen LogP contribution is 2.36. The van der Waals surface area contributed by atoms with Crippen LogP contribution in [0.15, 0.2) is 66.1 Å². The molecular weight excluding hydrogens is 405 g/mol. The van der Waals surface area contributed by atoms with Crippen LogP contribution in [-0.4, -0.2) is 34.0 Å². The first kappa shape index (κ1) is 19.1. The Morgan fingerprint density at radius 2 is 1.79 bits per heavy atom. The Morgan fingerprint density at radius 3 is 2.52 bits per heavy atom. The van der Waals surface area contributed by atoms with Crippen LogP contribution in [0.2, 0.25) is 0 Å². The molecule has 0 saturated heterocycles. The van der Waals surface area contributed by atoms with Crippen molar-refractivity contribution in [3.05, 3.63) is 66.5 Å². The third-order valence-electron chi connectivity index (χ3n) is 4.20. The van der Waals surface area contributed by atoms with Gasteiger partial charge in [-0.05, 0) is 30.3 Å². The molecule has 0 radical (unpaired) electrons. The van der Waals surface area contributed by atoms with Gasteiger partial charge in [0.05, 0.1) is 22.6 Å². The summed E-state index contributed by atoms with van der Waals surface area (Å²) in [5, 5.41) is -0.379. The van der Waals surface area contributed by atoms with Gasteiger partial charge in [0, 0.05) is 24.2 Å². The smallest absolute Gasteiger partial charge is 0.298 e. The van der Waals surface area contributed by atoms with Gasteiger partial charge >= 0.3 is 6.18 Å². The van der Waals surface area contributed by atoms with Crippen LogP contribution in [0.5, 0.6) is 0 Å². The van der Waals surface area contributed by atoms with E-state index in [1.54, 1.807) is 28.8 Å². The monoisotopic (exact) mass is 418 g/mol. The van der Waals surface area contributed by atoms with Gasteiger partial charge in [0.25, 0.3) is 0 Å². The summed E-state index contributed by atoms with van der Waals surface area (Å²) in [6, 6.07) is 11.4. The van der Waals surface area contributed by atoms with Crippen LogP contribution in [0.3, 0.4) is 0 Å². The summed E-state index contributed by atoms with van der Waals surface area (Å²) in [4.78, 5) is 12.3. The Bertz CT molecular complexity index is 1330. The Kier molecular flexibility index (Phi) is 4.38. The molecule has 148 valence electrons. The average molecular weight is 418 g/mol. The topological polar surface area (TPSA) is 77.2 Å². The first-order valence-corrected chi connectivity index (χ1v) is 10.2. The molecule has 0 spiro atoms. The molecule has 3 aromatic heterocycles. The van der Waals surface area contributed by atoms with Crippen molar-refractivity contribution in [3.63, 3.8) is 0 Å². The second-order valence-electron chi connectivity index (χ2n) is 6.31. The zero-order valence-corrected chi connectivity index (χ0v) is 15.7. The number of nitrogens with zero attached hydrogens (tertiary/aromatic N) is 4. The minimum Gasteiger partial charge on any atom is -0.298 e. The molecule has 6 nitrogen and oxygen atoms in total. The predicted octanol–water partition coefficient (Wildman–Crippen LogP) is 3.88. The van der Waals surface area contributed by atoms with E-state index < -0.39 is 21.6 Å². The highest BCUT2D eigenvalue weighted by molar-refractivity contribution is 7.90. The van der Waals surface area contributed by atoms with Crippen molar-refractivity contribution in [1.82, 2.24) is 19.4 Å². The Morgan fingerprint density at radius 1 is 1.00 bits per heavy atom. The number of hydrogen-bond donors (Lipinski definition) is 0. The van der Waals surface area contributed by atoms with Gasteiger partial charge in [-0.1, -0.05) is 18.2 Å². The maximum absolute atomic E-state index is 13.2. The molecule has 0 N–H and O–H groups in total. The maximum Gasteiger partial charge on any atom is 0.416 e. The molecule has 29 heavy (non-hydrogen) atoms. The quantitative estimate of drug-likeness (QED) is 0.472. The molecule has 0 aliphatic rings. The van der Waals surface area contributed by atoms with E-state index in [4.69, 9.17) is 0 Å². The summed E-state index contributed by atoms with van der Waals surface area (Å²) in [6.07, 6.45) is -0.560. The van der Waals surface area contributed by atoms with Crippen molar-refractivity contribution in [3.8, 4) is 22.6 Å². The highest BCUT2D eigenvalue weighted by atomic mass is 32.2. The Balaban J connectivity index is 2.01. The van der Waals surface area contributed by atoms with E-state index in [0.29, 0.717) is 11.3 Å². The van der Waals surface area contributed by atoms with E-state index in [9.17, 15) is 21.6 Å². The van der Waals surface area contributed by atoms with Crippen LogP contribution in [-0.2, 0) is 16.0 Å². The number of benzene rings is 1. The van der Waals surface area contributed by atoms with Crippen LogP contribution in [0.25, 0.3) is 28.3 Å². The lowest BCUT2D eigenvalue weighted by molar-refractivity contribution is -0.137. The lowest BCUT2D eigenvalue weighted by Gasteiger charge is -2.09. The summed E-state index contributed by atoms with van der Waals surface area (Å²) in [7, 11) is -3.67. The molecule has 1 aromatic carbocycles. The van der Waals surface area contributed by atoms with Crippen molar-refractivity contribution < 1.29 is 21.6 Å². The molecule has 0 bridgehead atoms. The second-order valence-corrected chi connectivity index (χ2v) is 8.22. The van der Waals surface area contributed by atoms with Crippen LogP contribution < -0.4 is 0 Å². The highest BCUT2D eigenvalue weighted by Gasteiger charge is 2.31. The van der Waals surface area contributed by atoms with E-state index in [1.807, 2.05) is 0 Å². The van der Waals surface area contributed by atoms with Crippen LogP contribution in [0.1, 0.15) is 5.56 Å². The molecule has 0 fully saturated rings. The predicted molar refractivity (Wildman–Crippen MR) is 99.8 cm³/mol. The maximum atomic E-state index is 13.2. The number of fused-ring (bicyclic) bond motifs is 1. The number of aromatic nitrogens is 4. The van der Waals surface area contributed by atoms with E-state index in [1.165, 1.54) is 24.4 Å². The van der Waals surface area contributed by atoms with Crippen molar-refractivity contribution in [2.75, 3.05) is 6.26 Å². The zero-order valence-electron chi connectivity index (χ0n) is 14.9. The van der Waals surface area contributed by atoms with E-state index in [2.05, 4.69) is 15.0 Å². The minimum absolute atomic E-state index is 0.228. The van der Waals surface area contributed by atoms with Crippen molar-refractivity contribution in [1.29, 1.82) is 0 Å². The normalized spacial score (nSPS) is 12.4. The third kappa shape index (κ3) is 3.58. The largest absolute Gasteiger partial charge is 0.416 e. The molecule has 4 rings (SSSR count). The summed E-state index contributed by atoms with van der Waals surface area (Å²) < 4.78 is 64.9. The number of alkyl halides is 3. The van der Waals surface area contributed by atoms with Gasteiger partial charge < -0.3 is 0 Å². The summed E-state index contributed by atoms with van der Waals surface area (Å²) >= 11 is 0. The minimum atomic E-state index is -4.51. The summed E-state index contributed by atoms with van der Waals surface area (Å²) in [6.45, 7) is 0. The number of halogens is 3. The third-order valence-corrected chi connectivity index (χ3v) is 5.06. The molecule has 3 heterocycles. The number of hydrogen-bond acceptors (Lipinski definition) is 5. The molecule has 0 unspecified atom stereocenters. The SMILES string of the molecule is CS(=O)(=O)c1nccc(-c2c(-c3cccc(C(F)(F)F)c3)nc3ccccn23)n1. The van der Waals surface area contributed by atoms with Gasteiger partial charge in [-0.25, -0.2) is 23.4 Å². The molecule has 10 heteroatoms. The Hall–Kier alpha value is -3.27. The summed E-state index contributed by atoms with van der Waals surface area (Å²) in [5.74, 6) is 0. The molecule has 0 atom stereocenters. The first-order chi connectivity index (χ1) is 13.6. The lowest BCUT2D eigenvalue weighted by Crippen LogP contribution is -2.05. The lowest BCUT2D eigenvalue weighted by atomic mass is 10.1. The van der Waals surface area contributed by atoms with Gasteiger partial charge in [-0.3, -0.25) is 4.40 Å². The fraction of sp³-hybridized carbons (Fsp3) is 0.105. The fourth-order valence-electron chi connectivity index (χ4n) is 2.94. The summed E-state index contributed by atoms with van der Waals surface area (Å²) in [5.41, 5.74) is 0.754. The number of sulfone groups is 1. The number of imidazole rings is 1. The van der Waals surface area contributed by atoms with Crippen molar-refractivity contribution >= 4 is 15.5 Å². The van der Waals surface area contributed by atoms with Crippen molar-refractivity contribution in [2.24, 2.45) is 0 Å². The second kappa shape index (κ2) is 6.66. The fourth-order valence-corrected chi connectivity index (χ4v) is 3.45. The van der Waals surface area contributed by atoms with E-state index in [-0.39, 0.29) is 22.1 Å². The first-order valence-electron chi connectivity index (χ1n) is 8.33. The molecule has 0 saturated carbocycles. The molecule has 0 amide bonds. The van der Waals surface area contributed by atoms with Crippen LogP contribution >= 0.6 is 0 Å². The molecule has 0 aliphatic carbocycles. The molecular formula is C19H13F3N4O2S.